The van der Waals surface area contributed by atoms with Gasteiger partial charge in [0.15, 0.2) is 0 Å². The minimum Gasteiger partial charge on any atom is -0.481 e. The zero-order valence-electron chi connectivity index (χ0n) is 20.4. The van der Waals surface area contributed by atoms with E-state index in [1.54, 1.807) is 13.8 Å². The molecule has 2 aromatic rings. The van der Waals surface area contributed by atoms with Gasteiger partial charge < -0.3 is 24.8 Å². The molecular formula is C27H32N2O6. The predicted octanol–water partition coefficient (Wildman–Crippen LogP) is 3.64. The first-order valence-corrected chi connectivity index (χ1v) is 11.9. The summed E-state index contributed by atoms with van der Waals surface area (Å²) in [6, 6.07) is 16.2. The summed E-state index contributed by atoms with van der Waals surface area (Å²) >= 11 is 0. The van der Waals surface area contributed by atoms with E-state index in [0.717, 1.165) is 22.3 Å². The van der Waals surface area contributed by atoms with E-state index < -0.39 is 23.0 Å². The molecule has 8 heteroatoms. The second-order valence-corrected chi connectivity index (χ2v) is 9.63. The van der Waals surface area contributed by atoms with Crippen LogP contribution in [0.5, 0.6) is 0 Å². The summed E-state index contributed by atoms with van der Waals surface area (Å²) in [7, 11) is 1.45. The summed E-state index contributed by atoms with van der Waals surface area (Å²) in [5.74, 6) is -1.40. The molecule has 2 amide bonds. The maximum Gasteiger partial charge on any atom is 0.408 e. The highest BCUT2D eigenvalue weighted by Crippen LogP contribution is 2.44. The molecular weight excluding hydrogens is 448 g/mol. The number of nitrogens with zero attached hydrogens (tertiary/aromatic N) is 1. The highest BCUT2D eigenvalue weighted by Gasteiger charge is 2.49. The molecule has 8 nitrogen and oxygen atoms in total. The topological polar surface area (TPSA) is 105 Å². The third-order valence-electron chi connectivity index (χ3n) is 7.42. The SMILES string of the molecule is CCC(C)(NC(=O)OCC1c2ccccc2-c2ccccc21)C(=O)N1CCC(COC)(C(=O)O)C1. The maximum absolute atomic E-state index is 13.4. The van der Waals surface area contributed by atoms with Crippen LogP contribution in [0.3, 0.4) is 0 Å². The van der Waals surface area contributed by atoms with Crippen molar-refractivity contribution >= 4 is 18.0 Å². The van der Waals surface area contributed by atoms with Gasteiger partial charge >= 0.3 is 12.1 Å². The van der Waals surface area contributed by atoms with Crippen LogP contribution >= 0.6 is 0 Å². The minimum absolute atomic E-state index is 0.0226. The van der Waals surface area contributed by atoms with E-state index >= 15 is 0 Å². The molecule has 0 radical (unpaired) electrons. The van der Waals surface area contributed by atoms with Crippen molar-refractivity contribution in [1.82, 2.24) is 10.2 Å². The number of methoxy groups -OCH3 is 1. The van der Waals surface area contributed by atoms with Crippen LogP contribution in [0.15, 0.2) is 48.5 Å². The standard InChI is InChI=1S/C27H32N2O6/c1-4-26(2,23(30)29-14-13-27(16-29,17-34-3)24(31)32)28-25(33)35-15-22-20-11-7-5-9-18(20)19-10-6-8-12-21(19)22/h5-12,22H,4,13-17H2,1-3H3,(H,28,33)(H,31,32). The van der Waals surface area contributed by atoms with Gasteiger partial charge in [0.2, 0.25) is 5.91 Å². The number of aliphatic carboxylic acids is 1. The molecule has 0 saturated carbocycles. The summed E-state index contributed by atoms with van der Waals surface area (Å²) < 4.78 is 10.7. The Bertz CT molecular complexity index is 1090. The number of carboxylic acid groups (broad SMARTS) is 1. The molecule has 1 heterocycles. The molecule has 2 unspecified atom stereocenters. The maximum atomic E-state index is 13.4. The van der Waals surface area contributed by atoms with Crippen molar-refractivity contribution in [2.75, 3.05) is 33.4 Å². The summed E-state index contributed by atoms with van der Waals surface area (Å²) in [5.41, 5.74) is 2.13. The molecule has 1 aliphatic heterocycles. The predicted molar refractivity (Wildman–Crippen MR) is 130 cm³/mol. The molecule has 1 saturated heterocycles. The number of fused-ring (bicyclic) bond motifs is 3. The van der Waals surface area contributed by atoms with E-state index in [4.69, 9.17) is 9.47 Å². The monoisotopic (exact) mass is 480 g/mol. The number of hydrogen-bond donors (Lipinski definition) is 2. The number of nitrogens with one attached hydrogen (secondary N) is 1. The minimum atomic E-state index is -1.22. The van der Waals surface area contributed by atoms with Gasteiger partial charge in [-0.05, 0) is 42.0 Å². The summed E-state index contributed by atoms with van der Waals surface area (Å²) in [6.07, 6.45) is -0.0473. The fourth-order valence-corrected chi connectivity index (χ4v) is 5.18. The molecule has 0 bridgehead atoms. The third-order valence-corrected chi connectivity index (χ3v) is 7.42. The first kappa shape index (κ1) is 24.7. The van der Waals surface area contributed by atoms with Crippen LogP contribution < -0.4 is 5.32 Å². The lowest BCUT2D eigenvalue weighted by molar-refractivity contribution is -0.152. The zero-order chi connectivity index (χ0) is 25.2. The molecule has 4 rings (SSSR count). The van der Waals surface area contributed by atoms with Crippen LogP contribution in [0, 0.1) is 5.41 Å². The summed E-state index contributed by atoms with van der Waals surface area (Å²) in [6.45, 7) is 3.95. The van der Waals surface area contributed by atoms with Crippen molar-refractivity contribution in [3.8, 4) is 11.1 Å². The number of likely N-dealkylation sites (tertiary alicyclic amines) is 1. The van der Waals surface area contributed by atoms with Crippen LogP contribution in [0.4, 0.5) is 4.79 Å². The number of hydrogen-bond acceptors (Lipinski definition) is 5. The quantitative estimate of drug-likeness (QED) is 0.598. The van der Waals surface area contributed by atoms with Gasteiger partial charge in [-0.3, -0.25) is 9.59 Å². The Labute approximate surface area is 205 Å². The number of alkyl carbamates (subject to hydrolysis) is 1. The number of amides is 2. The van der Waals surface area contributed by atoms with E-state index in [0.29, 0.717) is 12.8 Å². The number of carbonyl (C=O) groups excluding carboxylic acids is 2. The number of rotatable bonds is 8. The molecule has 2 aromatic carbocycles. The average Bonchev–Trinajstić information content (AvgIpc) is 3.43. The van der Waals surface area contributed by atoms with E-state index in [-0.39, 0.29) is 38.1 Å². The molecule has 1 fully saturated rings. The van der Waals surface area contributed by atoms with Gasteiger partial charge in [-0.2, -0.15) is 0 Å². The Hall–Kier alpha value is -3.39. The fraction of sp³-hybridized carbons (Fsp3) is 0.444. The Morgan fingerprint density at radius 3 is 2.26 bits per heavy atom. The summed E-state index contributed by atoms with van der Waals surface area (Å²) in [5, 5.41) is 12.5. The Morgan fingerprint density at radius 2 is 1.71 bits per heavy atom. The van der Waals surface area contributed by atoms with E-state index in [9.17, 15) is 19.5 Å². The Balaban J connectivity index is 1.43. The number of benzene rings is 2. The highest BCUT2D eigenvalue weighted by molar-refractivity contribution is 5.90. The third kappa shape index (κ3) is 4.50. The van der Waals surface area contributed by atoms with Crippen molar-refractivity contribution in [2.24, 2.45) is 5.41 Å². The number of carboxylic acids is 1. The van der Waals surface area contributed by atoms with Crippen molar-refractivity contribution in [3.63, 3.8) is 0 Å². The number of ether oxygens (including phenoxy) is 2. The molecule has 2 N–H and O–H groups in total. The van der Waals surface area contributed by atoms with E-state index in [1.807, 2.05) is 36.4 Å². The van der Waals surface area contributed by atoms with Crippen LogP contribution in [0.2, 0.25) is 0 Å². The fourth-order valence-electron chi connectivity index (χ4n) is 5.18. The van der Waals surface area contributed by atoms with Gasteiger partial charge in [0.25, 0.3) is 0 Å². The van der Waals surface area contributed by atoms with Crippen molar-refractivity contribution < 1.29 is 29.0 Å². The average molecular weight is 481 g/mol. The van der Waals surface area contributed by atoms with Crippen LogP contribution in [0.1, 0.15) is 43.7 Å². The van der Waals surface area contributed by atoms with Crippen LogP contribution in [-0.4, -0.2) is 66.9 Å². The van der Waals surface area contributed by atoms with Gasteiger partial charge in [-0.25, -0.2) is 4.79 Å². The summed E-state index contributed by atoms with van der Waals surface area (Å²) in [4.78, 5) is 39.6. The van der Waals surface area contributed by atoms with Crippen molar-refractivity contribution in [2.45, 2.75) is 38.1 Å². The second kappa shape index (κ2) is 9.70. The first-order valence-electron chi connectivity index (χ1n) is 11.9. The van der Waals surface area contributed by atoms with E-state index in [1.165, 1.54) is 12.0 Å². The molecule has 1 aliphatic carbocycles. The van der Waals surface area contributed by atoms with Gasteiger partial charge in [-0.1, -0.05) is 55.5 Å². The lowest BCUT2D eigenvalue weighted by Gasteiger charge is -2.33. The molecule has 35 heavy (non-hydrogen) atoms. The molecule has 0 aromatic heterocycles. The smallest absolute Gasteiger partial charge is 0.408 e. The van der Waals surface area contributed by atoms with Gasteiger partial charge in [0.1, 0.15) is 17.6 Å². The molecule has 0 spiro atoms. The second-order valence-electron chi connectivity index (χ2n) is 9.63. The normalized spacial score (nSPS) is 20.6. The Morgan fingerprint density at radius 1 is 1.11 bits per heavy atom. The first-order chi connectivity index (χ1) is 16.7. The number of carbonyl (C=O) groups is 3. The molecule has 2 aliphatic rings. The zero-order valence-corrected chi connectivity index (χ0v) is 20.4. The van der Waals surface area contributed by atoms with Crippen molar-refractivity contribution in [1.29, 1.82) is 0 Å². The molecule has 2 atom stereocenters. The van der Waals surface area contributed by atoms with Crippen LogP contribution in [0.25, 0.3) is 11.1 Å². The van der Waals surface area contributed by atoms with E-state index in [2.05, 4.69) is 17.4 Å². The van der Waals surface area contributed by atoms with Crippen molar-refractivity contribution in [3.05, 3.63) is 59.7 Å². The van der Waals surface area contributed by atoms with Gasteiger partial charge in [0.05, 0.1) is 6.61 Å². The Kier molecular flexibility index (Phi) is 6.85. The van der Waals surface area contributed by atoms with Gasteiger partial charge in [0, 0.05) is 26.1 Å². The lowest BCUT2D eigenvalue weighted by atomic mass is 9.88. The lowest BCUT2D eigenvalue weighted by Crippen LogP contribution is -2.57. The van der Waals surface area contributed by atoms with Gasteiger partial charge in [-0.15, -0.1) is 0 Å². The highest BCUT2D eigenvalue weighted by atomic mass is 16.5. The molecule has 186 valence electrons. The van der Waals surface area contributed by atoms with Crippen LogP contribution in [-0.2, 0) is 19.1 Å². The largest absolute Gasteiger partial charge is 0.481 e.